The lowest BCUT2D eigenvalue weighted by molar-refractivity contribution is 0.533. The van der Waals surface area contributed by atoms with Gasteiger partial charge < -0.3 is 5.73 Å². The van der Waals surface area contributed by atoms with Gasteiger partial charge in [-0.3, -0.25) is 0 Å². The molecule has 0 saturated carbocycles. The Balaban J connectivity index is 1.96. The van der Waals surface area contributed by atoms with Gasteiger partial charge in [0.1, 0.15) is 0 Å². The minimum atomic E-state index is 0.362. The van der Waals surface area contributed by atoms with Crippen LogP contribution in [0.3, 0.4) is 0 Å². The Morgan fingerprint density at radius 1 is 1.19 bits per heavy atom. The normalized spacial score (nSPS) is 12.9. The van der Waals surface area contributed by atoms with E-state index in [9.17, 15) is 0 Å². The van der Waals surface area contributed by atoms with Crippen LogP contribution in [0.1, 0.15) is 57.4 Å². The van der Waals surface area contributed by atoms with Crippen LogP contribution in [0.5, 0.6) is 0 Å². The fraction of sp³-hybridized carbons (Fsp3) is 0.714. The van der Waals surface area contributed by atoms with Gasteiger partial charge in [-0.15, -0.1) is 0 Å². The number of hydrogen-bond acceptors (Lipinski definition) is 2. The molecule has 0 aliphatic rings. The fourth-order valence-corrected chi connectivity index (χ4v) is 2.68. The Hall–Kier alpha value is -0.340. The lowest BCUT2D eigenvalue weighted by Gasteiger charge is -2.10. The Bertz CT molecular complexity index is 243. The summed E-state index contributed by atoms with van der Waals surface area (Å²) in [6.07, 6.45) is 10.4. The largest absolute Gasteiger partial charge is 0.327 e. The Kier molecular flexibility index (Phi) is 7.52. The monoisotopic (exact) mass is 239 g/mol. The van der Waals surface area contributed by atoms with E-state index in [4.69, 9.17) is 5.73 Å². The first-order chi connectivity index (χ1) is 7.83. The molecule has 0 fully saturated rings. The second-order valence-electron chi connectivity index (χ2n) is 4.65. The molecule has 1 heterocycles. The summed E-state index contributed by atoms with van der Waals surface area (Å²) in [7, 11) is 0. The maximum atomic E-state index is 6.11. The maximum Gasteiger partial charge on any atom is 0.00796 e. The Morgan fingerprint density at radius 2 is 1.94 bits per heavy atom. The van der Waals surface area contributed by atoms with Gasteiger partial charge in [0.05, 0.1) is 0 Å². The minimum Gasteiger partial charge on any atom is -0.327 e. The molecule has 1 unspecified atom stereocenters. The summed E-state index contributed by atoms with van der Waals surface area (Å²) < 4.78 is 0. The molecule has 16 heavy (non-hydrogen) atoms. The van der Waals surface area contributed by atoms with E-state index in [1.165, 1.54) is 50.5 Å². The van der Waals surface area contributed by atoms with Crippen molar-refractivity contribution in [3.63, 3.8) is 0 Å². The highest BCUT2D eigenvalue weighted by molar-refractivity contribution is 7.07. The second-order valence-corrected chi connectivity index (χ2v) is 5.43. The summed E-state index contributed by atoms with van der Waals surface area (Å²) in [6.45, 7) is 2.26. The van der Waals surface area contributed by atoms with Gasteiger partial charge in [-0.2, -0.15) is 11.3 Å². The number of thiophene rings is 1. The van der Waals surface area contributed by atoms with Gasteiger partial charge in [-0.25, -0.2) is 0 Å². The van der Waals surface area contributed by atoms with Crippen molar-refractivity contribution >= 4 is 11.3 Å². The molecule has 1 aromatic rings. The van der Waals surface area contributed by atoms with E-state index in [1.807, 2.05) is 0 Å². The van der Waals surface area contributed by atoms with Crippen molar-refractivity contribution < 1.29 is 0 Å². The van der Waals surface area contributed by atoms with Crippen molar-refractivity contribution in [2.24, 2.45) is 5.73 Å². The number of rotatable bonds is 9. The van der Waals surface area contributed by atoms with Crippen molar-refractivity contribution in [2.75, 3.05) is 0 Å². The molecule has 0 bridgehead atoms. The molecule has 0 aliphatic carbocycles. The molecule has 92 valence electrons. The molecule has 0 saturated heterocycles. The van der Waals surface area contributed by atoms with Crippen molar-refractivity contribution in [3.8, 4) is 0 Å². The zero-order chi connectivity index (χ0) is 11.6. The molecule has 1 nitrogen and oxygen atoms in total. The van der Waals surface area contributed by atoms with Gasteiger partial charge in [0, 0.05) is 6.04 Å². The van der Waals surface area contributed by atoms with Crippen LogP contribution in [-0.4, -0.2) is 6.04 Å². The van der Waals surface area contributed by atoms with Crippen LogP contribution in [0.4, 0.5) is 0 Å². The van der Waals surface area contributed by atoms with Crippen LogP contribution in [0.15, 0.2) is 16.8 Å². The predicted molar refractivity (Wildman–Crippen MR) is 74.0 cm³/mol. The van der Waals surface area contributed by atoms with E-state index >= 15 is 0 Å². The lowest BCUT2D eigenvalue weighted by Crippen LogP contribution is -2.22. The van der Waals surface area contributed by atoms with Gasteiger partial charge in [0.15, 0.2) is 0 Å². The van der Waals surface area contributed by atoms with Crippen LogP contribution in [-0.2, 0) is 6.42 Å². The molecule has 0 radical (unpaired) electrons. The fourth-order valence-electron chi connectivity index (χ4n) is 2.00. The third-order valence-corrected chi connectivity index (χ3v) is 3.74. The third kappa shape index (κ3) is 6.29. The van der Waals surface area contributed by atoms with Gasteiger partial charge in [0.2, 0.25) is 0 Å². The number of unbranched alkanes of at least 4 members (excludes halogenated alkanes) is 5. The summed E-state index contributed by atoms with van der Waals surface area (Å²) in [4.78, 5) is 0. The van der Waals surface area contributed by atoms with Crippen molar-refractivity contribution in [2.45, 2.75) is 64.3 Å². The van der Waals surface area contributed by atoms with Crippen LogP contribution in [0.2, 0.25) is 0 Å². The third-order valence-electron chi connectivity index (χ3n) is 3.01. The van der Waals surface area contributed by atoms with Crippen molar-refractivity contribution in [1.29, 1.82) is 0 Å². The van der Waals surface area contributed by atoms with Crippen LogP contribution in [0.25, 0.3) is 0 Å². The van der Waals surface area contributed by atoms with Crippen LogP contribution >= 0.6 is 11.3 Å². The van der Waals surface area contributed by atoms with Gasteiger partial charge in [-0.05, 0) is 35.2 Å². The van der Waals surface area contributed by atoms with Gasteiger partial charge in [0.25, 0.3) is 0 Å². The number of hydrogen-bond donors (Lipinski definition) is 1. The summed E-state index contributed by atoms with van der Waals surface area (Å²) in [6, 6.07) is 2.55. The first kappa shape index (κ1) is 13.7. The molecule has 1 aromatic heterocycles. The SMILES string of the molecule is CCCCCCCCC(N)Cc1ccsc1. The molecule has 0 aliphatic heterocycles. The topological polar surface area (TPSA) is 26.0 Å². The average molecular weight is 239 g/mol. The van der Waals surface area contributed by atoms with Crippen molar-refractivity contribution in [1.82, 2.24) is 0 Å². The van der Waals surface area contributed by atoms with Gasteiger partial charge >= 0.3 is 0 Å². The smallest absolute Gasteiger partial charge is 0.00796 e. The van der Waals surface area contributed by atoms with E-state index in [0.29, 0.717) is 6.04 Å². The van der Waals surface area contributed by atoms with Gasteiger partial charge in [-0.1, -0.05) is 45.4 Å². The maximum absolute atomic E-state index is 6.11. The molecule has 0 spiro atoms. The Labute approximate surface area is 104 Å². The van der Waals surface area contributed by atoms with Crippen molar-refractivity contribution in [3.05, 3.63) is 22.4 Å². The molecule has 1 atom stereocenters. The predicted octanol–water partition coefficient (Wildman–Crippen LogP) is 4.37. The summed E-state index contributed by atoms with van der Waals surface area (Å²) in [5.74, 6) is 0. The molecular weight excluding hydrogens is 214 g/mol. The lowest BCUT2D eigenvalue weighted by atomic mass is 10.0. The molecule has 0 aromatic carbocycles. The van der Waals surface area contributed by atoms with Crippen LogP contribution < -0.4 is 5.73 Å². The van der Waals surface area contributed by atoms with E-state index in [-0.39, 0.29) is 0 Å². The zero-order valence-electron chi connectivity index (χ0n) is 10.5. The highest BCUT2D eigenvalue weighted by Gasteiger charge is 2.03. The summed E-state index contributed by atoms with van der Waals surface area (Å²) in [5, 5.41) is 4.34. The average Bonchev–Trinajstić information content (AvgIpc) is 2.76. The Morgan fingerprint density at radius 3 is 2.62 bits per heavy atom. The summed E-state index contributed by atoms with van der Waals surface area (Å²) >= 11 is 1.76. The first-order valence-corrected chi connectivity index (χ1v) is 7.54. The van der Waals surface area contributed by atoms with Crippen LogP contribution in [0, 0.1) is 0 Å². The highest BCUT2D eigenvalue weighted by Crippen LogP contribution is 2.12. The molecule has 0 amide bonds. The first-order valence-electron chi connectivity index (χ1n) is 6.59. The summed E-state index contributed by atoms with van der Waals surface area (Å²) in [5.41, 5.74) is 7.52. The molecular formula is C14H25NS. The number of nitrogens with two attached hydrogens (primary N) is 1. The minimum absolute atomic E-state index is 0.362. The quantitative estimate of drug-likeness (QED) is 0.636. The standard InChI is InChI=1S/C14H25NS/c1-2-3-4-5-6-7-8-14(15)11-13-9-10-16-12-13/h9-10,12,14H,2-8,11,15H2,1H3. The molecule has 2 N–H and O–H groups in total. The zero-order valence-corrected chi connectivity index (χ0v) is 11.3. The van der Waals surface area contributed by atoms with E-state index in [2.05, 4.69) is 23.8 Å². The second kappa shape index (κ2) is 8.77. The molecule has 1 rings (SSSR count). The van der Waals surface area contributed by atoms with E-state index in [1.54, 1.807) is 11.3 Å². The van der Waals surface area contributed by atoms with E-state index < -0.39 is 0 Å². The molecule has 2 heteroatoms. The highest BCUT2D eigenvalue weighted by atomic mass is 32.1. The van der Waals surface area contributed by atoms with E-state index in [0.717, 1.165) is 6.42 Å².